The van der Waals surface area contributed by atoms with Crippen molar-refractivity contribution >= 4 is 50.7 Å². The van der Waals surface area contributed by atoms with Crippen molar-refractivity contribution in [2.45, 2.75) is 3.79 Å². The van der Waals surface area contributed by atoms with Crippen molar-refractivity contribution in [3.8, 4) is 0 Å². The highest BCUT2D eigenvalue weighted by atomic mass is 79.9. The topological polar surface area (TPSA) is 12.9 Å². The number of hydrogen-bond acceptors (Lipinski definition) is 1. The second kappa shape index (κ2) is 3.48. The van der Waals surface area contributed by atoms with Crippen LogP contribution in [-0.2, 0) is 3.79 Å². The Kier molecular flexibility index (Phi) is 3.03. The van der Waals surface area contributed by atoms with Gasteiger partial charge in [-0.15, -0.1) is 0 Å². The van der Waals surface area contributed by atoms with Crippen LogP contribution in [0.1, 0.15) is 5.56 Å². The molecule has 0 aliphatic carbocycles. The van der Waals surface area contributed by atoms with Crippen LogP contribution in [-0.4, -0.2) is 4.98 Å². The van der Waals surface area contributed by atoms with Gasteiger partial charge in [0.25, 0.3) is 0 Å². The van der Waals surface area contributed by atoms with Gasteiger partial charge >= 0.3 is 0 Å². The van der Waals surface area contributed by atoms with E-state index in [1.807, 2.05) is 0 Å². The first-order valence-electron chi connectivity index (χ1n) is 2.69. The fraction of sp³-hybridized carbons (Fsp3) is 0.167. The van der Waals surface area contributed by atoms with Crippen LogP contribution in [0.15, 0.2) is 22.9 Å². The summed E-state index contributed by atoms with van der Waals surface area (Å²) >= 11 is 20.0. The molecule has 0 aliphatic heterocycles. The van der Waals surface area contributed by atoms with Gasteiger partial charge in [0.15, 0.2) is 0 Å². The maximum atomic E-state index is 5.62. The van der Waals surface area contributed by atoms with Crippen LogP contribution in [0.25, 0.3) is 0 Å². The van der Waals surface area contributed by atoms with Crippen molar-refractivity contribution in [1.29, 1.82) is 0 Å². The van der Waals surface area contributed by atoms with Gasteiger partial charge < -0.3 is 0 Å². The molecule has 0 saturated heterocycles. The molecule has 0 aliphatic rings. The van der Waals surface area contributed by atoms with Gasteiger partial charge in [-0.3, -0.25) is 0 Å². The maximum absolute atomic E-state index is 5.62. The molecular weight excluding hydrogens is 272 g/mol. The summed E-state index contributed by atoms with van der Waals surface area (Å²) in [5.41, 5.74) is 0.546. The number of halogens is 4. The number of pyridine rings is 1. The quantitative estimate of drug-likeness (QED) is 0.520. The zero-order chi connectivity index (χ0) is 8.48. The Hall–Kier alpha value is 0.500. The molecule has 0 amide bonds. The van der Waals surface area contributed by atoms with Crippen molar-refractivity contribution < 1.29 is 0 Å². The molecule has 0 saturated carbocycles. The second-order valence-electron chi connectivity index (χ2n) is 1.84. The van der Waals surface area contributed by atoms with Crippen LogP contribution in [0.5, 0.6) is 0 Å². The fourth-order valence-corrected chi connectivity index (χ4v) is 1.95. The summed E-state index contributed by atoms with van der Waals surface area (Å²) in [7, 11) is 0. The largest absolute Gasteiger partial charge is 0.249 e. The molecule has 1 aromatic heterocycles. The van der Waals surface area contributed by atoms with Gasteiger partial charge in [0.05, 0.1) is 0 Å². The summed E-state index contributed by atoms with van der Waals surface area (Å²) in [6, 6.07) is 3.41. The molecular formula is C6H3BrCl3N. The molecule has 0 atom stereocenters. The highest BCUT2D eigenvalue weighted by Gasteiger charge is 2.25. The van der Waals surface area contributed by atoms with Crippen LogP contribution in [0.3, 0.4) is 0 Å². The summed E-state index contributed by atoms with van der Waals surface area (Å²) in [6.45, 7) is 0. The summed E-state index contributed by atoms with van der Waals surface area (Å²) in [6.07, 6.45) is 1.62. The zero-order valence-corrected chi connectivity index (χ0v) is 9.04. The Morgan fingerprint density at radius 2 is 2.00 bits per heavy atom. The minimum Gasteiger partial charge on any atom is -0.249 e. The number of aromatic nitrogens is 1. The average molecular weight is 275 g/mol. The summed E-state index contributed by atoms with van der Waals surface area (Å²) in [4.78, 5) is 3.91. The molecule has 1 nitrogen and oxygen atoms in total. The molecule has 5 heteroatoms. The predicted octanol–water partition coefficient (Wildman–Crippen LogP) is 3.67. The highest BCUT2D eigenvalue weighted by Crippen LogP contribution is 2.40. The van der Waals surface area contributed by atoms with Gasteiger partial charge in [0, 0.05) is 11.8 Å². The molecule has 60 valence electrons. The van der Waals surface area contributed by atoms with Gasteiger partial charge in [0.2, 0.25) is 3.79 Å². The molecule has 0 bridgehead atoms. The molecule has 11 heavy (non-hydrogen) atoms. The van der Waals surface area contributed by atoms with E-state index >= 15 is 0 Å². The van der Waals surface area contributed by atoms with Crippen molar-refractivity contribution in [1.82, 2.24) is 4.98 Å². The van der Waals surface area contributed by atoms with Crippen molar-refractivity contribution in [3.05, 3.63) is 28.5 Å². The summed E-state index contributed by atoms with van der Waals surface area (Å²) < 4.78 is -0.854. The van der Waals surface area contributed by atoms with Crippen LogP contribution in [0, 0.1) is 0 Å². The third-order valence-corrected chi connectivity index (χ3v) is 2.31. The molecule has 0 spiro atoms. The van der Waals surface area contributed by atoms with Gasteiger partial charge in [-0.05, 0) is 22.0 Å². The van der Waals surface area contributed by atoms with Gasteiger partial charge in [-0.2, -0.15) is 0 Å². The third-order valence-electron chi connectivity index (χ3n) is 1.06. The molecule has 0 aromatic carbocycles. The molecule has 1 heterocycles. The molecule has 0 N–H and O–H groups in total. The Labute approximate surface area is 87.8 Å². The van der Waals surface area contributed by atoms with Crippen LogP contribution >= 0.6 is 50.7 Å². The Morgan fingerprint density at radius 3 is 2.36 bits per heavy atom. The standard InChI is InChI=1S/C6H3BrCl3N/c7-5-4(6(8,9)10)2-1-3-11-5/h1-3H. The monoisotopic (exact) mass is 273 g/mol. The lowest BCUT2D eigenvalue weighted by atomic mass is 10.3. The zero-order valence-electron chi connectivity index (χ0n) is 5.19. The van der Waals surface area contributed by atoms with E-state index in [1.54, 1.807) is 18.3 Å². The smallest absolute Gasteiger partial charge is 0.218 e. The number of nitrogens with zero attached hydrogens (tertiary/aromatic N) is 1. The Balaban J connectivity index is 3.14. The minimum absolute atomic E-state index is 0.546. The third kappa shape index (κ3) is 2.48. The lowest BCUT2D eigenvalue weighted by Crippen LogP contribution is -2.01. The summed E-state index contributed by atoms with van der Waals surface area (Å²) in [5, 5.41) is 0. The first-order chi connectivity index (χ1) is 5.02. The molecule has 1 aromatic rings. The second-order valence-corrected chi connectivity index (χ2v) is 4.87. The van der Waals surface area contributed by atoms with Gasteiger partial charge in [0.1, 0.15) is 4.60 Å². The van der Waals surface area contributed by atoms with E-state index in [0.717, 1.165) is 0 Å². The van der Waals surface area contributed by atoms with E-state index in [2.05, 4.69) is 20.9 Å². The molecule has 1 rings (SSSR count). The average Bonchev–Trinajstić information content (AvgIpc) is 1.86. The minimum atomic E-state index is -1.41. The summed E-state index contributed by atoms with van der Waals surface area (Å²) in [5.74, 6) is 0. The lowest BCUT2D eigenvalue weighted by Gasteiger charge is -2.11. The van der Waals surface area contributed by atoms with E-state index < -0.39 is 3.79 Å². The Bertz CT molecular complexity index is 258. The Morgan fingerprint density at radius 1 is 1.36 bits per heavy atom. The first-order valence-corrected chi connectivity index (χ1v) is 4.62. The van der Waals surface area contributed by atoms with E-state index in [4.69, 9.17) is 34.8 Å². The molecule has 0 fully saturated rings. The first kappa shape index (κ1) is 9.59. The normalized spacial score (nSPS) is 11.6. The van der Waals surface area contributed by atoms with Gasteiger partial charge in [-0.25, -0.2) is 4.98 Å². The number of rotatable bonds is 0. The maximum Gasteiger partial charge on any atom is 0.218 e. The van der Waals surface area contributed by atoms with Crippen molar-refractivity contribution in [2.24, 2.45) is 0 Å². The molecule has 0 radical (unpaired) electrons. The number of alkyl halides is 3. The van der Waals surface area contributed by atoms with E-state index in [9.17, 15) is 0 Å². The predicted molar refractivity (Wildman–Crippen MR) is 51.2 cm³/mol. The lowest BCUT2D eigenvalue weighted by molar-refractivity contribution is 1.13. The van der Waals surface area contributed by atoms with Crippen molar-refractivity contribution in [3.63, 3.8) is 0 Å². The van der Waals surface area contributed by atoms with E-state index in [-0.39, 0.29) is 0 Å². The van der Waals surface area contributed by atoms with Crippen LogP contribution in [0.4, 0.5) is 0 Å². The van der Waals surface area contributed by atoms with E-state index in [1.165, 1.54) is 0 Å². The van der Waals surface area contributed by atoms with Crippen molar-refractivity contribution in [2.75, 3.05) is 0 Å². The number of hydrogen-bond donors (Lipinski definition) is 0. The molecule has 0 unspecified atom stereocenters. The van der Waals surface area contributed by atoms with Gasteiger partial charge in [-0.1, -0.05) is 40.9 Å². The SMILES string of the molecule is ClC(Cl)(Cl)c1cccnc1Br. The highest BCUT2D eigenvalue weighted by molar-refractivity contribution is 9.10. The van der Waals surface area contributed by atoms with Crippen LogP contribution in [0.2, 0.25) is 0 Å². The van der Waals surface area contributed by atoms with Crippen LogP contribution < -0.4 is 0 Å². The fourth-order valence-electron chi connectivity index (χ4n) is 0.597. The van der Waals surface area contributed by atoms with E-state index in [0.29, 0.717) is 10.2 Å².